The van der Waals surface area contributed by atoms with Crippen molar-refractivity contribution in [2.75, 3.05) is 0 Å². The van der Waals surface area contributed by atoms with Crippen molar-refractivity contribution in [3.8, 4) is 6.07 Å². The van der Waals surface area contributed by atoms with Crippen LogP contribution in [0, 0.1) is 11.3 Å². The van der Waals surface area contributed by atoms with E-state index in [1.165, 1.54) is 18.2 Å². The predicted octanol–water partition coefficient (Wildman–Crippen LogP) is 3.47. The van der Waals surface area contributed by atoms with Crippen molar-refractivity contribution in [3.05, 3.63) is 40.4 Å². The van der Waals surface area contributed by atoms with Gasteiger partial charge in [-0.25, -0.2) is 0 Å². The van der Waals surface area contributed by atoms with E-state index in [9.17, 15) is 0 Å². The molecule has 0 aromatic heterocycles. The number of benzene rings is 1. The van der Waals surface area contributed by atoms with Crippen molar-refractivity contribution in [3.63, 3.8) is 0 Å². The van der Waals surface area contributed by atoms with E-state index >= 15 is 0 Å². The number of nitriles is 1. The molecule has 2 heteroatoms. The topological polar surface area (TPSA) is 23.8 Å². The number of hydrogen-bond donors (Lipinski definition) is 0. The molecule has 15 heavy (non-hydrogen) atoms. The molecule has 1 rings (SSSR count). The summed E-state index contributed by atoms with van der Waals surface area (Å²) in [4.78, 5) is 0. The van der Waals surface area contributed by atoms with Gasteiger partial charge in [0.25, 0.3) is 0 Å². The van der Waals surface area contributed by atoms with Crippen molar-refractivity contribution in [1.82, 2.24) is 0 Å². The van der Waals surface area contributed by atoms with Crippen LogP contribution in [0.4, 0.5) is 0 Å². The first-order valence-corrected chi connectivity index (χ1v) is 7.23. The maximum atomic E-state index is 8.98. The Morgan fingerprint density at radius 2 is 2.13 bits per heavy atom. The van der Waals surface area contributed by atoms with E-state index in [-0.39, 0.29) is 0 Å². The maximum absolute atomic E-state index is 8.98. The van der Waals surface area contributed by atoms with Crippen LogP contribution in [0.1, 0.15) is 25.3 Å². The molecule has 0 amide bonds. The first-order chi connectivity index (χ1) is 7.36. The standard InChI is InChI=1S/C13H15NSe/c1-2-3-9-15-13(11-14)10-12-7-5-4-6-8-12/h4-8,10H,2-3,9H2,1H3/b13-10-. The zero-order valence-electron chi connectivity index (χ0n) is 8.94. The van der Waals surface area contributed by atoms with Gasteiger partial charge in [-0.3, -0.25) is 0 Å². The summed E-state index contributed by atoms with van der Waals surface area (Å²) in [6.45, 7) is 2.18. The van der Waals surface area contributed by atoms with Gasteiger partial charge in [0, 0.05) is 0 Å². The van der Waals surface area contributed by atoms with Gasteiger partial charge in [0.1, 0.15) is 0 Å². The van der Waals surface area contributed by atoms with Crippen LogP contribution < -0.4 is 0 Å². The van der Waals surface area contributed by atoms with E-state index in [4.69, 9.17) is 5.26 Å². The van der Waals surface area contributed by atoms with E-state index in [2.05, 4.69) is 13.0 Å². The fraction of sp³-hybridized carbons (Fsp3) is 0.308. The van der Waals surface area contributed by atoms with Gasteiger partial charge in [-0.2, -0.15) is 0 Å². The van der Waals surface area contributed by atoms with Crippen LogP contribution in [0.3, 0.4) is 0 Å². The van der Waals surface area contributed by atoms with Crippen molar-refractivity contribution in [2.24, 2.45) is 0 Å². The number of unbranched alkanes of at least 4 members (excludes halogenated alkanes) is 1. The van der Waals surface area contributed by atoms with Gasteiger partial charge in [0.2, 0.25) is 0 Å². The van der Waals surface area contributed by atoms with Gasteiger partial charge >= 0.3 is 97.8 Å². The molecule has 0 N–H and O–H groups in total. The molecule has 0 saturated carbocycles. The molecule has 78 valence electrons. The van der Waals surface area contributed by atoms with Crippen molar-refractivity contribution < 1.29 is 0 Å². The van der Waals surface area contributed by atoms with Crippen LogP contribution in [-0.2, 0) is 0 Å². The normalized spacial score (nSPS) is 11.1. The van der Waals surface area contributed by atoms with E-state index < -0.39 is 0 Å². The molecule has 0 aliphatic rings. The third-order valence-corrected chi connectivity index (χ3v) is 4.09. The predicted molar refractivity (Wildman–Crippen MR) is 65.5 cm³/mol. The molecule has 0 spiro atoms. The third kappa shape index (κ3) is 4.83. The molecule has 1 aromatic carbocycles. The summed E-state index contributed by atoms with van der Waals surface area (Å²) in [6, 6.07) is 12.4. The summed E-state index contributed by atoms with van der Waals surface area (Å²) < 4.78 is 0.946. The summed E-state index contributed by atoms with van der Waals surface area (Å²) in [5.41, 5.74) is 1.13. The van der Waals surface area contributed by atoms with Gasteiger partial charge in [-0.1, -0.05) is 0 Å². The average molecular weight is 264 g/mol. The van der Waals surface area contributed by atoms with E-state index in [0.717, 1.165) is 10.0 Å². The SMILES string of the molecule is CCCC[Se]/C(C#N)=C\c1ccccc1. The molecule has 0 aliphatic carbocycles. The molecule has 1 nitrogen and oxygen atoms in total. The quantitative estimate of drug-likeness (QED) is 0.454. The summed E-state index contributed by atoms with van der Waals surface area (Å²) in [7, 11) is 0. The Hall–Kier alpha value is -1.03. The van der Waals surface area contributed by atoms with Gasteiger partial charge in [-0.15, -0.1) is 0 Å². The summed E-state index contributed by atoms with van der Waals surface area (Å²) in [5, 5.41) is 10.2. The summed E-state index contributed by atoms with van der Waals surface area (Å²) in [5.74, 6) is 0. The summed E-state index contributed by atoms with van der Waals surface area (Å²) >= 11 is 0.348. The van der Waals surface area contributed by atoms with E-state index in [1.54, 1.807) is 0 Å². The second kappa shape index (κ2) is 7.29. The molecule has 1 aromatic rings. The Kier molecular flexibility index (Phi) is 5.85. The van der Waals surface area contributed by atoms with Crippen LogP contribution in [0.25, 0.3) is 6.08 Å². The van der Waals surface area contributed by atoms with Gasteiger partial charge in [0.05, 0.1) is 0 Å². The molecule has 0 fully saturated rings. The van der Waals surface area contributed by atoms with Crippen molar-refractivity contribution in [1.29, 1.82) is 5.26 Å². The Morgan fingerprint density at radius 1 is 1.40 bits per heavy atom. The Morgan fingerprint density at radius 3 is 2.73 bits per heavy atom. The fourth-order valence-electron chi connectivity index (χ4n) is 1.13. The first-order valence-electron chi connectivity index (χ1n) is 5.16. The minimum absolute atomic E-state index is 0.348. The Balaban J connectivity index is 2.59. The van der Waals surface area contributed by atoms with Crippen LogP contribution >= 0.6 is 0 Å². The Bertz CT molecular complexity index is 349. The second-order valence-electron chi connectivity index (χ2n) is 3.23. The number of hydrogen-bond acceptors (Lipinski definition) is 1. The van der Waals surface area contributed by atoms with Crippen LogP contribution in [0.5, 0.6) is 0 Å². The average Bonchev–Trinajstić information content (AvgIpc) is 2.29. The molecule has 0 bridgehead atoms. The zero-order chi connectivity index (χ0) is 10.9. The van der Waals surface area contributed by atoms with Gasteiger partial charge in [0.15, 0.2) is 0 Å². The van der Waals surface area contributed by atoms with Crippen LogP contribution in [-0.4, -0.2) is 15.0 Å². The molecule has 0 aliphatic heterocycles. The zero-order valence-corrected chi connectivity index (χ0v) is 10.7. The Labute approximate surface area is 98.0 Å². The number of rotatable bonds is 5. The third-order valence-electron chi connectivity index (χ3n) is 1.96. The molecule has 0 unspecified atom stereocenters. The summed E-state index contributed by atoms with van der Waals surface area (Å²) in [6.07, 6.45) is 4.45. The number of allylic oxidation sites excluding steroid dienone is 1. The first kappa shape index (κ1) is 12.0. The molecule has 0 heterocycles. The molecule has 0 saturated heterocycles. The second-order valence-corrected chi connectivity index (χ2v) is 5.62. The molecule has 0 radical (unpaired) electrons. The van der Waals surface area contributed by atoms with Crippen LogP contribution in [0.2, 0.25) is 5.32 Å². The van der Waals surface area contributed by atoms with Crippen molar-refractivity contribution >= 4 is 21.0 Å². The van der Waals surface area contributed by atoms with Gasteiger partial charge < -0.3 is 0 Å². The van der Waals surface area contributed by atoms with Crippen LogP contribution in [0.15, 0.2) is 34.8 Å². The van der Waals surface area contributed by atoms with E-state index in [1.807, 2.05) is 36.4 Å². The van der Waals surface area contributed by atoms with E-state index in [0.29, 0.717) is 15.0 Å². The molecular weight excluding hydrogens is 249 g/mol. The minimum atomic E-state index is 0.348. The van der Waals surface area contributed by atoms with Crippen molar-refractivity contribution in [2.45, 2.75) is 25.1 Å². The number of nitrogens with zero attached hydrogens (tertiary/aromatic N) is 1. The monoisotopic (exact) mass is 265 g/mol. The fourth-order valence-corrected chi connectivity index (χ4v) is 3.10. The van der Waals surface area contributed by atoms with Gasteiger partial charge in [-0.05, 0) is 0 Å². The molecule has 0 atom stereocenters. The molecular formula is C13H15NSe.